The Bertz CT molecular complexity index is 623. The molecule has 0 aliphatic heterocycles. The van der Waals surface area contributed by atoms with Crippen molar-refractivity contribution in [2.75, 3.05) is 11.9 Å². The molecule has 1 aromatic carbocycles. The summed E-state index contributed by atoms with van der Waals surface area (Å²) in [4.78, 5) is 13.6. The highest BCUT2D eigenvalue weighted by molar-refractivity contribution is 5.97. The Morgan fingerprint density at radius 3 is 2.57 bits per heavy atom. The number of amides is 1. The number of benzene rings is 1. The van der Waals surface area contributed by atoms with E-state index in [9.17, 15) is 18.0 Å². The zero-order valence-electron chi connectivity index (χ0n) is 11.5. The lowest BCUT2D eigenvalue weighted by atomic mass is 9.94. The standard InChI is InChI=1S/C14H14F3N3O/c1-9(13(21)20(2)10-7-18-19-8-10)11-5-3-4-6-12(11)14(15,16)17/h3-9H,1-2H3,(H,18,19). The first-order valence-corrected chi connectivity index (χ1v) is 6.25. The van der Waals surface area contributed by atoms with E-state index in [1.165, 1.54) is 49.5 Å². The van der Waals surface area contributed by atoms with Crippen LogP contribution in [-0.4, -0.2) is 23.2 Å². The van der Waals surface area contributed by atoms with Crippen molar-refractivity contribution in [1.29, 1.82) is 0 Å². The van der Waals surface area contributed by atoms with Crippen molar-refractivity contribution in [3.05, 3.63) is 47.8 Å². The maximum absolute atomic E-state index is 13.0. The third-order valence-electron chi connectivity index (χ3n) is 3.30. The lowest BCUT2D eigenvalue weighted by Gasteiger charge is -2.22. The minimum Gasteiger partial charge on any atom is -0.312 e. The van der Waals surface area contributed by atoms with Crippen molar-refractivity contribution in [3.63, 3.8) is 0 Å². The Morgan fingerprint density at radius 1 is 1.33 bits per heavy atom. The molecule has 1 unspecified atom stereocenters. The van der Waals surface area contributed by atoms with Gasteiger partial charge in [0.2, 0.25) is 5.91 Å². The van der Waals surface area contributed by atoms with Crippen molar-refractivity contribution >= 4 is 11.6 Å². The smallest absolute Gasteiger partial charge is 0.312 e. The number of likely N-dealkylation sites (N-methyl/N-ethyl adjacent to an activating group) is 1. The molecule has 0 saturated carbocycles. The second kappa shape index (κ2) is 5.59. The van der Waals surface area contributed by atoms with Gasteiger partial charge in [-0.3, -0.25) is 9.89 Å². The van der Waals surface area contributed by atoms with Crippen LogP contribution < -0.4 is 4.90 Å². The molecule has 21 heavy (non-hydrogen) atoms. The predicted molar refractivity (Wildman–Crippen MR) is 71.9 cm³/mol. The number of carbonyl (C=O) groups excluding carboxylic acids is 1. The Kier molecular flexibility index (Phi) is 4.02. The third-order valence-corrected chi connectivity index (χ3v) is 3.30. The summed E-state index contributed by atoms with van der Waals surface area (Å²) in [6.45, 7) is 1.46. The molecule has 0 radical (unpaired) electrons. The van der Waals surface area contributed by atoms with Gasteiger partial charge in [0.1, 0.15) is 0 Å². The lowest BCUT2D eigenvalue weighted by molar-refractivity contribution is -0.138. The number of nitrogens with zero attached hydrogens (tertiary/aromatic N) is 2. The van der Waals surface area contributed by atoms with Gasteiger partial charge in [0.15, 0.2) is 0 Å². The van der Waals surface area contributed by atoms with Crippen LogP contribution in [0.4, 0.5) is 18.9 Å². The van der Waals surface area contributed by atoms with Gasteiger partial charge in [-0.05, 0) is 18.6 Å². The molecular weight excluding hydrogens is 283 g/mol. The van der Waals surface area contributed by atoms with Crippen LogP contribution in [0.1, 0.15) is 24.0 Å². The van der Waals surface area contributed by atoms with E-state index in [0.717, 1.165) is 6.07 Å². The van der Waals surface area contributed by atoms with Crippen LogP contribution in [0.5, 0.6) is 0 Å². The van der Waals surface area contributed by atoms with Crippen LogP contribution in [-0.2, 0) is 11.0 Å². The number of alkyl halides is 3. The van der Waals surface area contributed by atoms with E-state index in [0.29, 0.717) is 5.69 Å². The number of rotatable bonds is 3. The van der Waals surface area contributed by atoms with Gasteiger partial charge in [0, 0.05) is 13.2 Å². The molecule has 0 spiro atoms. The molecule has 4 nitrogen and oxygen atoms in total. The quantitative estimate of drug-likeness (QED) is 0.945. The number of nitrogens with one attached hydrogen (secondary N) is 1. The van der Waals surface area contributed by atoms with Gasteiger partial charge in [0.25, 0.3) is 0 Å². The van der Waals surface area contributed by atoms with Crippen LogP contribution >= 0.6 is 0 Å². The fourth-order valence-electron chi connectivity index (χ4n) is 2.11. The molecule has 2 aromatic rings. The van der Waals surface area contributed by atoms with Gasteiger partial charge >= 0.3 is 6.18 Å². The number of halogens is 3. The average molecular weight is 297 g/mol. The van der Waals surface area contributed by atoms with Gasteiger partial charge in [-0.2, -0.15) is 18.3 Å². The molecule has 112 valence electrons. The summed E-state index contributed by atoms with van der Waals surface area (Å²) in [6, 6.07) is 5.11. The summed E-state index contributed by atoms with van der Waals surface area (Å²) in [5.41, 5.74) is -0.326. The van der Waals surface area contributed by atoms with E-state index in [2.05, 4.69) is 10.2 Å². The summed E-state index contributed by atoms with van der Waals surface area (Å²) in [7, 11) is 1.50. The van der Waals surface area contributed by atoms with Crippen LogP contribution in [0, 0.1) is 0 Å². The maximum Gasteiger partial charge on any atom is 0.416 e. The summed E-state index contributed by atoms with van der Waals surface area (Å²) < 4.78 is 39.0. The Morgan fingerprint density at radius 2 is 2.00 bits per heavy atom. The topological polar surface area (TPSA) is 49.0 Å². The van der Waals surface area contributed by atoms with E-state index >= 15 is 0 Å². The number of hydrogen-bond donors (Lipinski definition) is 1. The molecule has 0 aliphatic rings. The van der Waals surface area contributed by atoms with Crippen molar-refractivity contribution in [3.8, 4) is 0 Å². The van der Waals surface area contributed by atoms with E-state index in [-0.39, 0.29) is 5.56 Å². The number of carbonyl (C=O) groups is 1. The van der Waals surface area contributed by atoms with Crippen molar-refractivity contribution in [2.45, 2.75) is 19.0 Å². The SMILES string of the molecule is CC(C(=O)N(C)c1cn[nH]c1)c1ccccc1C(F)(F)F. The number of anilines is 1. The first-order valence-electron chi connectivity index (χ1n) is 6.25. The number of aromatic amines is 1. The van der Waals surface area contributed by atoms with Crippen molar-refractivity contribution in [2.24, 2.45) is 0 Å². The van der Waals surface area contributed by atoms with E-state index in [1.807, 2.05) is 0 Å². The van der Waals surface area contributed by atoms with E-state index in [1.54, 1.807) is 0 Å². The van der Waals surface area contributed by atoms with Crippen LogP contribution in [0.2, 0.25) is 0 Å². The van der Waals surface area contributed by atoms with Crippen LogP contribution in [0.25, 0.3) is 0 Å². The highest BCUT2D eigenvalue weighted by Crippen LogP contribution is 2.35. The minimum absolute atomic E-state index is 0.0367. The largest absolute Gasteiger partial charge is 0.416 e. The van der Waals surface area contributed by atoms with Crippen LogP contribution in [0.15, 0.2) is 36.7 Å². The zero-order chi connectivity index (χ0) is 15.6. The van der Waals surface area contributed by atoms with Gasteiger partial charge in [-0.15, -0.1) is 0 Å². The average Bonchev–Trinajstić information content (AvgIpc) is 2.98. The first-order chi connectivity index (χ1) is 9.82. The second-order valence-corrected chi connectivity index (χ2v) is 4.66. The molecule has 1 atom stereocenters. The highest BCUT2D eigenvalue weighted by Gasteiger charge is 2.36. The number of aromatic nitrogens is 2. The first kappa shape index (κ1) is 15.1. The van der Waals surface area contributed by atoms with E-state index in [4.69, 9.17) is 0 Å². The number of hydrogen-bond acceptors (Lipinski definition) is 2. The molecule has 1 N–H and O–H groups in total. The van der Waals surface area contributed by atoms with Gasteiger partial charge < -0.3 is 4.90 Å². The third kappa shape index (κ3) is 3.07. The fourth-order valence-corrected chi connectivity index (χ4v) is 2.11. The minimum atomic E-state index is -4.49. The summed E-state index contributed by atoms with van der Waals surface area (Å²) in [5.74, 6) is -1.35. The Balaban J connectivity index is 2.32. The zero-order valence-corrected chi connectivity index (χ0v) is 11.5. The molecule has 0 aliphatic carbocycles. The summed E-state index contributed by atoms with van der Waals surface area (Å²) >= 11 is 0. The molecular formula is C14H14F3N3O. The molecule has 1 aromatic heterocycles. The fraction of sp³-hybridized carbons (Fsp3) is 0.286. The predicted octanol–water partition coefficient (Wildman–Crippen LogP) is 3.20. The molecule has 1 heterocycles. The number of H-pyrrole nitrogens is 1. The van der Waals surface area contributed by atoms with Crippen LogP contribution in [0.3, 0.4) is 0 Å². The lowest BCUT2D eigenvalue weighted by Crippen LogP contribution is -2.31. The van der Waals surface area contributed by atoms with Gasteiger partial charge in [-0.25, -0.2) is 0 Å². The summed E-state index contributed by atoms with van der Waals surface area (Å²) in [6.07, 6.45) is -1.56. The molecule has 0 fully saturated rings. The van der Waals surface area contributed by atoms with Crippen molar-refractivity contribution in [1.82, 2.24) is 10.2 Å². The van der Waals surface area contributed by atoms with Gasteiger partial charge in [-0.1, -0.05) is 18.2 Å². The molecule has 2 rings (SSSR count). The summed E-state index contributed by atoms with van der Waals surface area (Å²) in [5, 5.41) is 6.27. The second-order valence-electron chi connectivity index (χ2n) is 4.66. The normalized spacial score (nSPS) is 13.0. The van der Waals surface area contributed by atoms with E-state index < -0.39 is 23.6 Å². The Hall–Kier alpha value is -2.31. The monoisotopic (exact) mass is 297 g/mol. The van der Waals surface area contributed by atoms with Crippen molar-refractivity contribution < 1.29 is 18.0 Å². The highest BCUT2D eigenvalue weighted by atomic mass is 19.4. The maximum atomic E-state index is 13.0. The molecule has 0 saturated heterocycles. The molecule has 7 heteroatoms. The Labute approximate surface area is 119 Å². The molecule has 0 bridgehead atoms. The molecule has 1 amide bonds. The van der Waals surface area contributed by atoms with Gasteiger partial charge in [0.05, 0.1) is 23.4 Å².